The first-order valence-corrected chi connectivity index (χ1v) is 16.6. The first kappa shape index (κ1) is 31.0. The Balaban J connectivity index is 0.00000134. The Hall–Kier alpha value is -2.58. The van der Waals surface area contributed by atoms with Crippen molar-refractivity contribution >= 4 is 83.7 Å². The molecule has 0 fully saturated rings. The summed E-state index contributed by atoms with van der Waals surface area (Å²) in [5.41, 5.74) is 3.65. The number of benzene rings is 2. The predicted octanol–water partition coefficient (Wildman–Crippen LogP) is 6.63. The molecule has 0 amide bonds. The van der Waals surface area contributed by atoms with Gasteiger partial charge >= 0.3 is 33.3 Å². The first-order chi connectivity index (χ1) is 18.6. The van der Waals surface area contributed by atoms with Gasteiger partial charge in [0, 0.05) is 28.9 Å². The van der Waals surface area contributed by atoms with Crippen LogP contribution in [0.15, 0.2) is 90.1 Å². The first-order valence-electron chi connectivity index (χ1n) is 10.8. The van der Waals surface area contributed by atoms with Gasteiger partial charge in [-0.2, -0.15) is 5.10 Å². The second-order valence-electron chi connectivity index (χ2n) is 7.74. The average molecular weight is 664 g/mol. The van der Waals surface area contributed by atoms with Crippen LogP contribution in [0.2, 0.25) is 0 Å². The molecule has 1 aromatic heterocycles. The van der Waals surface area contributed by atoms with E-state index < -0.39 is 10.0 Å². The van der Waals surface area contributed by atoms with Crippen LogP contribution in [0.1, 0.15) is 18.3 Å². The fourth-order valence-electron chi connectivity index (χ4n) is 3.32. The van der Waals surface area contributed by atoms with E-state index in [4.69, 9.17) is 38.2 Å². The number of aryl methyl sites for hydroxylation is 2. The van der Waals surface area contributed by atoms with Crippen LogP contribution in [0.25, 0.3) is 0 Å². The summed E-state index contributed by atoms with van der Waals surface area (Å²) in [6, 6.07) is 17.0. The predicted molar refractivity (Wildman–Crippen MR) is 157 cm³/mol. The molecule has 0 radical (unpaired) electrons. The van der Waals surface area contributed by atoms with Crippen LogP contribution in [0.4, 0.5) is 17.3 Å². The Kier molecular flexibility index (Phi) is 11.2. The van der Waals surface area contributed by atoms with Crippen molar-refractivity contribution in [1.29, 1.82) is 5.41 Å². The van der Waals surface area contributed by atoms with E-state index in [-0.39, 0.29) is 29.8 Å². The van der Waals surface area contributed by atoms with E-state index in [1.807, 2.05) is 30.3 Å². The molecular formula is C23H21Cl2FeN8O2S3. The van der Waals surface area contributed by atoms with Crippen molar-refractivity contribution in [1.82, 2.24) is 9.97 Å². The van der Waals surface area contributed by atoms with E-state index in [2.05, 4.69) is 29.4 Å². The topological polar surface area (TPSA) is 136 Å². The quantitative estimate of drug-likeness (QED) is 0.125. The molecule has 2 N–H and O–H groups in total. The molecule has 16 heteroatoms. The third-order valence-corrected chi connectivity index (χ3v) is 7.21. The molecule has 3 aromatic rings. The number of hydrogen-bond acceptors (Lipinski definition) is 10. The molecule has 0 atom stereocenters. The van der Waals surface area contributed by atoms with Crippen molar-refractivity contribution in [3.8, 4) is 0 Å². The fourth-order valence-corrected chi connectivity index (χ4v) is 5.15. The molecule has 205 valence electrons. The van der Waals surface area contributed by atoms with E-state index in [0.29, 0.717) is 32.6 Å². The fraction of sp³-hybridized carbons (Fsp3) is 0.130. The maximum atomic E-state index is 12.7. The van der Waals surface area contributed by atoms with Crippen molar-refractivity contribution in [2.45, 2.75) is 25.7 Å². The van der Waals surface area contributed by atoms with Crippen molar-refractivity contribution < 1.29 is 21.6 Å². The number of hydrazone groups is 1. The number of aromatic nitrogens is 2. The van der Waals surface area contributed by atoms with Crippen molar-refractivity contribution in [3.63, 3.8) is 0 Å². The number of nitrogens with zero attached hydrogens (tertiary/aromatic N) is 6. The second kappa shape index (κ2) is 14.2. The molecule has 1 aliphatic rings. The van der Waals surface area contributed by atoms with Gasteiger partial charge in [0.1, 0.15) is 0 Å². The molecule has 10 nitrogen and oxygen atoms in total. The summed E-state index contributed by atoms with van der Waals surface area (Å²) in [6.45, 7) is 5.31. The third kappa shape index (κ3) is 8.45. The molecule has 0 saturated heterocycles. The van der Waals surface area contributed by atoms with Gasteiger partial charge < -0.3 is 12.6 Å². The zero-order chi connectivity index (χ0) is 28.6. The molecule has 2 aromatic carbocycles. The number of sulfonamides is 1. The van der Waals surface area contributed by atoms with Crippen LogP contribution in [-0.2, 0) is 35.8 Å². The number of para-hydroxylation sites is 1. The van der Waals surface area contributed by atoms with Crippen molar-refractivity contribution in [2.75, 3.05) is 9.73 Å². The molecule has 0 aliphatic carbocycles. The Morgan fingerprint density at radius 1 is 1.05 bits per heavy atom. The molecule has 39 heavy (non-hydrogen) atoms. The van der Waals surface area contributed by atoms with Gasteiger partial charge in [0.05, 0.1) is 22.0 Å². The number of nitrogens with one attached hydrogen (secondary N) is 2. The summed E-state index contributed by atoms with van der Waals surface area (Å²) in [7, 11) is 5.66. The summed E-state index contributed by atoms with van der Waals surface area (Å²) in [4.78, 5) is 8.25. The van der Waals surface area contributed by atoms with Crippen LogP contribution < -0.4 is 9.73 Å². The molecule has 0 unspecified atom stereocenters. The molecule has 0 saturated carbocycles. The van der Waals surface area contributed by atoms with E-state index in [9.17, 15) is 8.42 Å². The van der Waals surface area contributed by atoms with Crippen LogP contribution in [-0.4, -0.2) is 29.9 Å². The van der Waals surface area contributed by atoms with E-state index in [0.717, 1.165) is 17.6 Å². The number of rotatable bonds is 7. The summed E-state index contributed by atoms with van der Waals surface area (Å²) >= 11 is 6.60. The standard InChI is InChI=1S/C23H22N8O2S3.2ClH.Fe/c1-14-13-15(2)26-23(25-14)29-36(32,33)19-11-9-17(10-12-19)27-30-35-22(34)20-16(3)28-31(21(20)24)18-7-5-4-6-8-18;;;/h4-13,24,34H,1-3H3,(H,25,26,29);2*1H;/q;;;+3/p-3/b22-20-,24-21?,30-27?;;;. The van der Waals surface area contributed by atoms with Gasteiger partial charge in [0.15, 0.2) is 5.84 Å². The third-order valence-electron chi connectivity index (χ3n) is 4.90. The molecule has 0 spiro atoms. The molecule has 4 rings (SSSR count). The molecule has 1 aliphatic heterocycles. The van der Waals surface area contributed by atoms with E-state index in [1.54, 1.807) is 26.8 Å². The normalized spacial score (nSPS) is 14.6. The SMILES string of the molecule is CC1=NN(c2ccccc2)C(=N)/C1=C(/[S-])SN=Nc1ccc(S(=O)(=O)Nc2nc(C)cc(C)n2)cc1.[Cl][Fe+][Cl]. The summed E-state index contributed by atoms with van der Waals surface area (Å²) in [5.74, 6) is 0.182. The van der Waals surface area contributed by atoms with E-state index in [1.165, 1.54) is 29.3 Å². The molecule has 0 bridgehead atoms. The van der Waals surface area contributed by atoms with E-state index >= 15 is 0 Å². The van der Waals surface area contributed by atoms with Crippen LogP contribution >= 0.6 is 32.1 Å². The second-order valence-corrected chi connectivity index (χ2v) is 12.7. The number of halogens is 2. The summed E-state index contributed by atoms with van der Waals surface area (Å²) in [6.07, 6.45) is 0. The molecule has 2 heterocycles. The number of hydrogen-bond donors (Lipinski definition) is 2. The van der Waals surface area contributed by atoms with Gasteiger partial charge in [-0.05, 0) is 63.2 Å². The van der Waals surface area contributed by atoms with Crippen molar-refractivity contribution in [2.24, 2.45) is 14.7 Å². The Morgan fingerprint density at radius 3 is 2.23 bits per heavy atom. The van der Waals surface area contributed by atoms with Gasteiger partial charge in [-0.25, -0.2) is 28.1 Å². The Morgan fingerprint density at radius 2 is 1.64 bits per heavy atom. The monoisotopic (exact) mass is 663 g/mol. The van der Waals surface area contributed by atoms with Gasteiger partial charge in [0.25, 0.3) is 10.0 Å². The van der Waals surface area contributed by atoms with Crippen molar-refractivity contribution in [3.05, 3.63) is 81.9 Å². The van der Waals surface area contributed by atoms with Crippen LogP contribution in [0, 0.1) is 19.3 Å². The average Bonchev–Trinajstić information content (AvgIpc) is 3.18. The zero-order valence-electron chi connectivity index (χ0n) is 20.6. The summed E-state index contributed by atoms with van der Waals surface area (Å²) < 4.78 is 32.1. The minimum absolute atomic E-state index is 0.0146. The van der Waals surface area contributed by atoms with Gasteiger partial charge in [-0.15, -0.1) is 13.9 Å². The minimum atomic E-state index is -3.87. The zero-order valence-corrected chi connectivity index (χ0v) is 25.7. The number of anilines is 2. The van der Waals surface area contributed by atoms with Gasteiger partial charge in [-0.3, -0.25) is 5.41 Å². The van der Waals surface area contributed by atoms with Crippen LogP contribution in [0.3, 0.4) is 0 Å². The Bertz CT molecular complexity index is 1520. The maximum absolute atomic E-state index is 12.7. The Labute approximate surface area is 251 Å². The molecular weight excluding hydrogens is 643 g/mol. The van der Waals surface area contributed by atoms with Crippen LogP contribution in [0.5, 0.6) is 0 Å². The van der Waals surface area contributed by atoms with Gasteiger partial charge in [0.2, 0.25) is 5.95 Å². The summed E-state index contributed by atoms with van der Waals surface area (Å²) in [5, 5.41) is 18.5. The number of amidine groups is 1. The van der Waals surface area contributed by atoms with Gasteiger partial charge in [-0.1, -0.05) is 18.2 Å².